The van der Waals surface area contributed by atoms with Crippen LogP contribution in [0.3, 0.4) is 0 Å². The van der Waals surface area contributed by atoms with Crippen LogP contribution in [-0.4, -0.2) is 32.9 Å². The Morgan fingerprint density at radius 2 is 0.768 bits per heavy atom. The van der Waals surface area contributed by atoms with Crippen molar-refractivity contribution in [3.05, 3.63) is 216 Å². The second kappa shape index (κ2) is 24.4. The molecule has 69 heavy (non-hydrogen) atoms. The Hall–Kier alpha value is -5.50. The second-order valence-electron chi connectivity index (χ2n) is 15.8. The fraction of sp³-hybridized carbons (Fsp3) is 0.127. The third kappa shape index (κ3) is 11.6. The van der Waals surface area contributed by atoms with Crippen LogP contribution in [0, 0.1) is 0 Å². The summed E-state index contributed by atoms with van der Waals surface area (Å²) in [7, 11) is 9.81. The molecule has 0 amide bonds. The molecule has 352 valence electrons. The average Bonchev–Trinajstić information content (AvgIpc) is 4.11. The van der Waals surface area contributed by atoms with Gasteiger partial charge in [0.05, 0.1) is 41.2 Å². The van der Waals surface area contributed by atoms with Crippen LogP contribution >= 0.6 is 35.2 Å². The molecule has 8 aromatic carbocycles. The number of nitrogens with two attached hydrogens (primary N) is 2. The Labute approximate surface area is 421 Å². The predicted molar refractivity (Wildman–Crippen MR) is 281 cm³/mol. The summed E-state index contributed by atoms with van der Waals surface area (Å²) in [6.07, 6.45) is -1.09. The van der Waals surface area contributed by atoms with Gasteiger partial charge in [0.15, 0.2) is 23.0 Å². The molecule has 2 aliphatic rings. The van der Waals surface area contributed by atoms with Gasteiger partial charge in [-0.3, -0.25) is 0 Å². The molecule has 2 aliphatic heterocycles. The van der Waals surface area contributed by atoms with Gasteiger partial charge in [-0.15, -0.1) is 0 Å². The average molecular weight is 1090 g/mol. The van der Waals surface area contributed by atoms with Crippen LogP contribution in [0.1, 0.15) is 40.4 Å². The molecule has 0 radical (unpaired) electrons. The number of benzene rings is 8. The van der Waals surface area contributed by atoms with Gasteiger partial charge in [-0.05, 0) is 108 Å². The standard InChI is InChI=1S/C39H30O5P2.C16H20N2O2.2ClH.Ru/c40-37(35-33(23-21-31-38(35)43-25-41-31)45(27-13-5-1-6-14-27)28-15-7-2-8-16-28)36-34(24-22-32-39(36)44-26-42-32)46(29-17-9-3-10-18-29)30-19-11-4-12-20-30;1-19-13-7-3-11(4-8-13)15(17)16(18)12-5-9-14(20-2)10-6-12;;;/h1-24,37,40H,25-26H2;3-10,15-16H,17-18H2,1-2H3;2*1H;/q;;;;+4. The van der Waals surface area contributed by atoms with Crippen LogP contribution in [-0.2, 0) is 15.1 Å². The molecule has 14 heteroatoms. The Bertz CT molecular complexity index is 2600. The van der Waals surface area contributed by atoms with E-state index in [0.717, 1.165) is 33.2 Å². The van der Waals surface area contributed by atoms with Gasteiger partial charge in [0.25, 0.3) is 0 Å². The van der Waals surface area contributed by atoms with Gasteiger partial charge in [-0.25, -0.2) is 0 Å². The molecule has 0 bridgehead atoms. The number of halogens is 2. The van der Waals surface area contributed by atoms with E-state index in [-0.39, 0.29) is 40.8 Å². The van der Waals surface area contributed by atoms with Crippen LogP contribution in [0.25, 0.3) is 0 Å². The van der Waals surface area contributed by atoms with Crippen molar-refractivity contribution in [1.82, 2.24) is 0 Å². The van der Waals surface area contributed by atoms with E-state index in [2.05, 4.69) is 109 Å². The third-order valence-corrected chi connectivity index (χ3v) is 17.5. The predicted octanol–water partition coefficient (Wildman–Crippen LogP) is 8.99. The first kappa shape index (κ1) is 49.9. The van der Waals surface area contributed by atoms with E-state index >= 15 is 0 Å². The molecule has 0 aromatic heterocycles. The molecule has 10 rings (SSSR count). The summed E-state index contributed by atoms with van der Waals surface area (Å²) in [5, 5.41) is 19.8. The molecular weight excluding hydrogens is 1030 g/mol. The van der Waals surface area contributed by atoms with Crippen molar-refractivity contribution in [2.24, 2.45) is 11.5 Å². The molecule has 9 nitrogen and oxygen atoms in total. The van der Waals surface area contributed by atoms with E-state index in [1.807, 2.05) is 84.9 Å². The summed E-state index contributed by atoms with van der Waals surface area (Å²) in [6, 6.07) is 65.1. The minimum absolute atomic E-state index is 0.0969. The molecular formula is C55H52Cl2N2O7P2Ru+4. The van der Waals surface area contributed by atoms with Crippen LogP contribution in [0.2, 0.25) is 0 Å². The quantitative estimate of drug-likeness (QED) is 0.0767. The van der Waals surface area contributed by atoms with Crippen molar-refractivity contribution in [2.75, 3.05) is 27.8 Å². The first-order valence-electron chi connectivity index (χ1n) is 22.0. The minimum atomic E-state index is -1.59. The summed E-state index contributed by atoms with van der Waals surface area (Å²) in [5.74, 6) is 4.02. The third-order valence-electron chi connectivity index (χ3n) is 11.9. The van der Waals surface area contributed by atoms with Gasteiger partial charge in [0.1, 0.15) is 49.4 Å². The maximum absolute atomic E-state index is 12.9. The molecule has 0 fully saturated rings. The van der Waals surface area contributed by atoms with Crippen molar-refractivity contribution >= 4 is 67.1 Å². The topological polar surface area (TPSA) is 128 Å². The van der Waals surface area contributed by atoms with Crippen molar-refractivity contribution in [1.29, 1.82) is 0 Å². The molecule has 0 spiro atoms. The van der Waals surface area contributed by atoms with Crippen LogP contribution in [0.4, 0.5) is 0 Å². The molecule has 0 aliphatic carbocycles. The van der Waals surface area contributed by atoms with Gasteiger partial charge >= 0.3 is 34.5 Å². The van der Waals surface area contributed by atoms with E-state index < -0.39 is 21.9 Å². The summed E-state index contributed by atoms with van der Waals surface area (Å²) in [4.78, 5) is 0. The summed E-state index contributed by atoms with van der Waals surface area (Å²) in [5.41, 5.74) is 15.9. The zero-order valence-electron chi connectivity index (χ0n) is 37.8. The van der Waals surface area contributed by atoms with Gasteiger partial charge in [0, 0.05) is 12.1 Å². The van der Waals surface area contributed by atoms with E-state index in [9.17, 15) is 5.11 Å². The van der Waals surface area contributed by atoms with E-state index in [0.29, 0.717) is 34.1 Å². The van der Waals surface area contributed by atoms with Crippen molar-refractivity contribution in [2.45, 2.75) is 18.2 Å². The molecule has 0 saturated heterocycles. The Morgan fingerprint density at radius 1 is 0.464 bits per heavy atom. The van der Waals surface area contributed by atoms with Crippen LogP contribution in [0.5, 0.6) is 34.5 Å². The first-order valence-corrected chi connectivity index (χ1v) is 29.5. The molecule has 0 saturated carbocycles. The summed E-state index contributed by atoms with van der Waals surface area (Å²) in [6.45, 7) is 0.194. The van der Waals surface area contributed by atoms with Crippen molar-refractivity contribution < 1.29 is 48.7 Å². The number of hydrogen-bond donors (Lipinski definition) is 3. The first-order chi connectivity index (χ1) is 33.8. The normalized spacial score (nSPS) is 13.0. The van der Waals surface area contributed by atoms with E-state index in [4.69, 9.17) is 59.3 Å². The van der Waals surface area contributed by atoms with Crippen molar-refractivity contribution in [3.8, 4) is 34.5 Å². The maximum atomic E-state index is 12.9. The molecule has 5 N–H and O–H groups in total. The monoisotopic (exact) mass is 1090 g/mol. The summed E-state index contributed by atoms with van der Waals surface area (Å²) >= 11 is -0.346. The molecule has 8 aromatic rings. The van der Waals surface area contributed by atoms with Gasteiger partial charge < -0.3 is 45.0 Å². The Morgan fingerprint density at radius 3 is 1.06 bits per heavy atom. The fourth-order valence-corrected chi connectivity index (χ4v) is 14.1. The zero-order valence-corrected chi connectivity index (χ0v) is 43.0. The molecule has 2 atom stereocenters. The Balaban J connectivity index is 0.000000233. The van der Waals surface area contributed by atoms with Crippen LogP contribution < -0.4 is 71.7 Å². The number of hydrogen-bond acceptors (Lipinski definition) is 9. The SMILES string of the molecule is COc1ccc(C(N)C(N)c2ccc(OC)cc2)cc1.OC(c1c([PH+](c2ccccc2)c2ccccc2)ccc2c1OCO2)c1c([PH+](c2ccccc2)c2ccccc2)ccc2c1OCO2.[Cl][Ru+2][Cl]. The summed E-state index contributed by atoms with van der Waals surface area (Å²) < 4.78 is 34.5. The number of ether oxygens (including phenoxy) is 6. The Kier molecular flexibility index (Phi) is 17.6. The number of methoxy groups -OCH3 is 2. The second-order valence-corrected chi connectivity index (χ2v) is 23.3. The number of rotatable bonds is 13. The molecule has 2 heterocycles. The number of aliphatic hydroxyl groups excluding tert-OH is 1. The van der Waals surface area contributed by atoms with E-state index in [1.54, 1.807) is 14.2 Å². The zero-order chi connectivity index (χ0) is 48.1. The van der Waals surface area contributed by atoms with Crippen molar-refractivity contribution in [3.63, 3.8) is 0 Å². The van der Waals surface area contributed by atoms with Gasteiger partial charge in [0.2, 0.25) is 13.6 Å². The van der Waals surface area contributed by atoms with Gasteiger partial charge in [-0.1, -0.05) is 97.1 Å². The van der Waals surface area contributed by atoms with Crippen LogP contribution in [0.15, 0.2) is 194 Å². The molecule has 2 unspecified atom stereocenters. The number of fused-ring (bicyclic) bond motifs is 2. The fourth-order valence-electron chi connectivity index (χ4n) is 8.55. The number of aliphatic hydroxyl groups is 1. The van der Waals surface area contributed by atoms with E-state index in [1.165, 1.54) is 21.2 Å². The van der Waals surface area contributed by atoms with Gasteiger partial charge in [-0.2, -0.15) is 0 Å².